The zero-order chi connectivity index (χ0) is 24.3. The SMILES string of the molecule is CCC(=C(c1ccccc1OC(=O)CCBr)c1ccccc1OC(=O)CCBr)c1ccccc1. The zero-order valence-electron chi connectivity index (χ0n) is 18.9. The van der Waals surface area contributed by atoms with Crippen LogP contribution in [0.4, 0.5) is 0 Å². The molecular weight excluding hydrogens is 560 g/mol. The molecule has 0 spiro atoms. The van der Waals surface area contributed by atoms with Crippen LogP contribution in [0, 0.1) is 0 Å². The fraction of sp³-hybridized carbons (Fsp3) is 0.214. The minimum Gasteiger partial charge on any atom is -0.426 e. The van der Waals surface area contributed by atoms with Crippen molar-refractivity contribution in [2.45, 2.75) is 26.2 Å². The van der Waals surface area contributed by atoms with Crippen LogP contribution in [0.25, 0.3) is 11.1 Å². The molecule has 0 bridgehead atoms. The Balaban J connectivity index is 2.27. The minimum absolute atomic E-state index is 0.257. The molecule has 0 amide bonds. The van der Waals surface area contributed by atoms with Gasteiger partial charge in [-0.3, -0.25) is 9.59 Å². The van der Waals surface area contributed by atoms with E-state index in [2.05, 4.69) is 50.9 Å². The van der Waals surface area contributed by atoms with Crippen LogP contribution in [0.5, 0.6) is 11.5 Å². The standard InChI is InChI=1S/C28H26Br2O4/c1-2-21(20-10-4-3-5-11-20)28(22-12-6-8-14-24(22)33-26(31)16-18-29)23-13-7-9-15-25(23)34-27(32)17-19-30/h3-15H,2,16-19H2,1H3. The number of esters is 2. The highest BCUT2D eigenvalue weighted by atomic mass is 79.9. The number of hydrogen-bond donors (Lipinski definition) is 0. The lowest BCUT2D eigenvalue weighted by Gasteiger charge is -2.20. The molecule has 0 aliphatic rings. The fourth-order valence-corrected chi connectivity index (χ4v) is 4.31. The van der Waals surface area contributed by atoms with Crippen molar-refractivity contribution in [3.8, 4) is 11.5 Å². The topological polar surface area (TPSA) is 52.6 Å². The van der Waals surface area contributed by atoms with Gasteiger partial charge in [-0.05, 0) is 29.7 Å². The van der Waals surface area contributed by atoms with E-state index in [1.54, 1.807) is 12.1 Å². The van der Waals surface area contributed by atoms with E-state index < -0.39 is 0 Å². The Kier molecular flexibility index (Phi) is 10.1. The number of benzene rings is 3. The summed E-state index contributed by atoms with van der Waals surface area (Å²) in [5.41, 5.74) is 4.47. The molecule has 0 aromatic heterocycles. The summed E-state index contributed by atoms with van der Waals surface area (Å²) in [6, 6.07) is 25.0. The molecule has 0 radical (unpaired) electrons. The first kappa shape index (κ1) is 25.9. The summed E-state index contributed by atoms with van der Waals surface area (Å²) in [6.07, 6.45) is 1.23. The van der Waals surface area contributed by atoms with Crippen LogP contribution in [-0.2, 0) is 9.59 Å². The van der Waals surface area contributed by atoms with E-state index in [0.717, 1.165) is 27.8 Å². The quantitative estimate of drug-likeness (QED) is 0.107. The molecule has 3 rings (SSSR count). The Morgan fingerprint density at radius 1 is 0.676 bits per heavy atom. The van der Waals surface area contributed by atoms with Crippen LogP contribution in [0.1, 0.15) is 42.9 Å². The van der Waals surface area contributed by atoms with Gasteiger partial charge >= 0.3 is 11.9 Å². The first-order valence-corrected chi connectivity index (χ1v) is 13.3. The normalized spacial score (nSPS) is 10.4. The van der Waals surface area contributed by atoms with Crippen molar-refractivity contribution in [2.75, 3.05) is 10.7 Å². The van der Waals surface area contributed by atoms with E-state index in [-0.39, 0.29) is 24.8 Å². The van der Waals surface area contributed by atoms with Gasteiger partial charge in [-0.2, -0.15) is 0 Å². The third-order valence-electron chi connectivity index (χ3n) is 5.14. The summed E-state index contributed by atoms with van der Waals surface area (Å²) in [4.78, 5) is 24.8. The molecule has 0 atom stereocenters. The third kappa shape index (κ3) is 6.67. The highest BCUT2D eigenvalue weighted by Crippen LogP contribution is 2.42. The molecule has 6 heteroatoms. The lowest BCUT2D eigenvalue weighted by molar-refractivity contribution is -0.134. The Bertz CT molecular complexity index is 1090. The van der Waals surface area contributed by atoms with Gasteiger partial charge in [0.1, 0.15) is 11.5 Å². The number of rotatable bonds is 10. The highest BCUT2D eigenvalue weighted by Gasteiger charge is 2.22. The molecule has 0 saturated carbocycles. The van der Waals surface area contributed by atoms with E-state index in [9.17, 15) is 9.59 Å². The van der Waals surface area contributed by atoms with Crippen molar-refractivity contribution >= 4 is 54.9 Å². The number of carbonyl (C=O) groups excluding carboxylic acids is 2. The van der Waals surface area contributed by atoms with Crippen LogP contribution in [-0.4, -0.2) is 22.6 Å². The maximum Gasteiger partial charge on any atom is 0.312 e. The van der Waals surface area contributed by atoms with Crippen molar-refractivity contribution in [2.24, 2.45) is 0 Å². The average molecular weight is 586 g/mol. The van der Waals surface area contributed by atoms with E-state index in [1.165, 1.54) is 0 Å². The van der Waals surface area contributed by atoms with Crippen molar-refractivity contribution in [1.29, 1.82) is 0 Å². The van der Waals surface area contributed by atoms with Crippen LogP contribution in [0.15, 0.2) is 78.9 Å². The molecule has 0 saturated heterocycles. The van der Waals surface area contributed by atoms with Crippen LogP contribution in [0.2, 0.25) is 0 Å². The number of ether oxygens (including phenoxy) is 2. The smallest absolute Gasteiger partial charge is 0.312 e. The molecule has 0 heterocycles. The highest BCUT2D eigenvalue weighted by molar-refractivity contribution is 9.09. The molecule has 0 unspecified atom stereocenters. The average Bonchev–Trinajstić information content (AvgIpc) is 2.84. The summed E-state index contributed by atoms with van der Waals surface area (Å²) >= 11 is 6.59. The number of alkyl halides is 2. The number of allylic oxidation sites excluding steroid dienone is 1. The summed E-state index contributed by atoms with van der Waals surface area (Å²) in [7, 11) is 0. The molecule has 3 aromatic rings. The second kappa shape index (κ2) is 13.3. The van der Waals surface area contributed by atoms with Crippen molar-refractivity contribution in [3.05, 3.63) is 95.6 Å². The van der Waals surface area contributed by atoms with Gasteiger partial charge in [0.25, 0.3) is 0 Å². The largest absolute Gasteiger partial charge is 0.426 e. The molecule has 0 N–H and O–H groups in total. The monoisotopic (exact) mass is 584 g/mol. The van der Waals surface area contributed by atoms with Gasteiger partial charge in [-0.25, -0.2) is 0 Å². The van der Waals surface area contributed by atoms with Crippen LogP contribution in [0.3, 0.4) is 0 Å². The predicted molar refractivity (Wildman–Crippen MR) is 144 cm³/mol. The van der Waals surface area contributed by atoms with Crippen LogP contribution >= 0.6 is 31.9 Å². The summed E-state index contributed by atoms with van der Waals surface area (Å²) < 4.78 is 11.5. The number of para-hydroxylation sites is 2. The van der Waals surface area contributed by atoms with Crippen molar-refractivity contribution in [3.63, 3.8) is 0 Å². The summed E-state index contributed by atoms with van der Waals surface area (Å²) in [6.45, 7) is 2.08. The zero-order valence-corrected chi connectivity index (χ0v) is 22.1. The Morgan fingerprint density at radius 2 is 1.12 bits per heavy atom. The molecule has 34 heavy (non-hydrogen) atoms. The number of hydrogen-bond acceptors (Lipinski definition) is 4. The molecule has 176 valence electrons. The Morgan fingerprint density at radius 3 is 1.56 bits per heavy atom. The fourth-order valence-electron chi connectivity index (χ4n) is 3.66. The van der Waals surface area contributed by atoms with Gasteiger partial charge in [0, 0.05) is 27.4 Å². The van der Waals surface area contributed by atoms with E-state index >= 15 is 0 Å². The van der Waals surface area contributed by atoms with E-state index in [4.69, 9.17) is 9.47 Å². The first-order valence-electron chi connectivity index (χ1n) is 11.1. The van der Waals surface area contributed by atoms with Gasteiger partial charge in [0.15, 0.2) is 0 Å². The van der Waals surface area contributed by atoms with Gasteiger partial charge in [0.2, 0.25) is 0 Å². The molecule has 0 aliphatic heterocycles. The van der Waals surface area contributed by atoms with Gasteiger partial charge in [0.05, 0.1) is 12.8 Å². The summed E-state index contributed by atoms with van der Waals surface area (Å²) in [5, 5.41) is 1.04. The Labute approximate surface area is 217 Å². The van der Waals surface area contributed by atoms with Crippen molar-refractivity contribution < 1.29 is 19.1 Å². The lowest BCUT2D eigenvalue weighted by atomic mass is 9.87. The molecule has 0 aliphatic carbocycles. The predicted octanol–water partition coefficient (Wildman–Crippen LogP) is 7.44. The van der Waals surface area contributed by atoms with E-state index in [1.807, 2.05) is 54.6 Å². The first-order chi connectivity index (χ1) is 16.6. The summed E-state index contributed by atoms with van der Waals surface area (Å²) in [5.74, 6) is 0.288. The minimum atomic E-state index is -0.321. The molecule has 4 nitrogen and oxygen atoms in total. The van der Waals surface area contributed by atoms with Crippen LogP contribution < -0.4 is 9.47 Å². The number of carbonyl (C=O) groups is 2. The molecular formula is C28H26Br2O4. The number of halogens is 2. The maximum atomic E-state index is 12.4. The molecule has 0 fully saturated rings. The van der Waals surface area contributed by atoms with Crippen molar-refractivity contribution in [1.82, 2.24) is 0 Å². The lowest BCUT2D eigenvalue weighted by Crippen LogP contribution is -2.11. The van der Waals surface area contributed by atoms with Gasteiger partial charge in [-0.15, -0.1) is 0 Å². The molecule has 3 aromatic carbocycles. The second-order valence-corrected chi connectivity index (χ2v) is 8.98. The van der Waals surface area contributed by atoms with E-state index in [0.29, 0.717) is 28.6 Å². The third-order valence-corrected chi connectivity index (χ3v) is 5.93. The maximum absolute atomic E-state index is 12.4. The van der Waals surface area contributed by atoms with Gasteiger partial charge < -0.3 is 9.47 Å². The Hall–Kier alpha value is -2.70. The second-order valence-electron chi connectivity index (χ2n) is 7.39. The van der Waals surface area contributed by atoms with Gasteiger partial charge in [-0.1, -0.05) is 106 Å².